The van der Waals surface area contributed by atoms with Crippen LogP contribution in [-0.4, -0.2) is 11.8 Å². The molecular formula is C12H14N4O2. The Kier molecular flexibility index (Phi) is 4.09. The van der Waals surface area contributed by atoms with Crippen molar-refractivity contribution in [3.05, 3.63) is 36.4 Å². The lowest BCUT2D eigenvalue weighted by Crippen LogP contribution is -2.29. The number of amides is 2. The number of rotatable bonds is 0. The van der Waals surface area contributed by atoms with Crippen molar-refractivity contribution in [1.82, 2.24) is 0 Å². The summed E-state index contributed by atoms with van der Waals surface area (Å²) >= 11 is 0. The standard InChI is InChI=1S/C10H10N2.C2H4N2O2/c11-9-6-5-7-3-1-2-4-8(7)10(9)12;3-1(5)2(4)6/h1-6H,11-12H2;(H2,3,5)(H2,4,6). The van der Waals surface area contributed by atoms with E-state index in [1.165, 1.54) is 0 Å². The maximum atomic E-state index is 9.45. The predicted molar refractivity (Wildman–Crippen MR) is 71.2 cm³/mol. The van der Waals surface area contributed by atoms with Crippen LogP contribution in [0.2, 0.25) is 0 Å². The first kappa shape index (κ1) is 13.3. The molecule has 6 nitrogen and oxygen atoms in total. The molecule has 0 saturated carbocycles. The van der Waals surface area contributed by atoms with Crippen molar-refractivity contribution in [2.45, 2.75) is 0 Å². The van der Waals surface area contributed by atoms with Gasteiger partial charge in [0.25, 0.3) is 0 Å². The Morgan fingerprint density at radius 1 is 0.833 bits per heavy atom. The van der Waals surface area contributed by atoms with Crippen LogP contribution in [0.4, 0.5) is 11.4 Å². The third-order valence-electron chi connectivity index (χ3n) is 2.25. The SMILES string of the molecule is NC(=O)C(N)=O.Nc1ccc2ccccc2c1N. The van der Waals surface area contributed by atoms with Gasteiger partial charge >= 0.3 is 11.8 Å². The molecule has 0 bridgehead atoms. The summed E-state index contributed by atoms with van der Waals surface area (Å²) in [5.41, 5.74) is 21.4. The normalized spacial score (nSPS) is 9.33. The highest BCUT2D eigenvalue weighted by Crippen LogP contribution is 2.25. The second-order valence-corrected chi connectivity index (χ2v) is 3.52. The van der Waals surface area contributed by atoms with Crippen LogP contribution in [0.3, 0.4) is 0 Å². The summed E-state index contributed by atoms with van der Waals surface area (Å²) in [7, 11) is 0. The van der Waals surface area contributed by atoms with Gasteiger partial charge < -0.3 is 22.9 Å². The van der Waals surface area contributed by atoms with E-state index in [2.05, 4.69) is 11.5 Å². The fourth-order valence-corrected chi connectivity index (χ4v) is 1.31. The Labute approximate surface area is 104 Å². The Balaban J connectivity index is 0.000000232. The Bertz CT molecular complexity index is 584. The summed E-state index contributed by atoms with van der Waals surface area (Å²) in [5.74, 6) is -2.20. The third kappa shape index (κ3) is 3.11. The van der Waals surface area contributed by atoms with Gasteiger partial charge in [-0.1, -0.05) is 30.3 Å². The van der Waals surface area contributed by atoms with Gasteiger partial charge in [0, 0.05) is 5.39 Å². The van der Waals surface area contributed by atoms with E-state index in [1.54, 1.807) is 0 Å². The van der Waals surface area contributed by atoms with Gasteiger partial charge in [0.15, 0.2) is 0 Å². The largest absolute Gasteiger partial charge is 0.397 e. The molecule has 8 N–H and O–H groups in total. The van der Waals surface area contributed by atoms with Crippen molar-refractivity contribution >= 4 is 34.0 Å². The molecule has 0 saturated heterocycles. The van der Waals surface area contributed by atoms with E-state index in [0.717, 1.165) is 10.8 Å². The fourth-order valence-electron chi connectivity index (χ4n) is 1.31. The number of hydrogen-bond donors (Lipinski definition) is 4. The van der Waals surface area contributed by atoms with Gasteiger partial charge in [-0.05, 0) is 11.5 Å². The number of fused-ring (bicyclic) bond motifs is 1. The lowest BCUT2D eigenvalue weighted by Gasteiger charge is -2.03. The average molecular weight is 246 g/mol. The molecule has 0 fully saturated rings. The van der Waals surface area contributed by atoms with Crippen molar-refractivity contribution < 1.29 is 9.59 Å². The number of carbonyl (C=O) groups excluding carboxylic acids is 2. The van der Waals surface area contributed by atoms with Gasteiger partial charge in [-0.2, -0.15) is 0 Å². The van der Waals surface area contributed by atoms with Crippen LogP contribution < -0.4 is 22.9 Å². The maximum absolute atomic E-state index is 9.45. The molecule has 6 heteroatoms. The number of benzene rings is 2. The van der Waals surface area contributed by atoms with Crippen molar-refractivity contribution in [3.63, 3.8) is 0 Å². The monoisotopic (exact) mass is 246 g/mol. The Hall–Kier alpha value is -2.76. The minimum atomic E-state index is -1.10. The summed E-state index contributed by atoms with van der Waals surface area (Å²) in [6.45, 7) is 0. The van der Waals surface area contributed by atoms with Crippen LogP contribution in [0, 0.1) is 0 Å². The molecule has 18 heavy (non-hydrogen) atoms. The van der Waals surface area contributed by atoms with E-state index in [1.807, 2.05) is 36.4 Å². The number of anilines is 2. The summed E-state index contributed by atoms with van der Waals surface area (Å²) < 4.78 is 0. The maximum Gasteiger partial charge on any atom is 0.306 e. The highest BCUT2D eigenvalue weighted by atomic mass is 16.2. The van der Waals surface area contributed by atoms with Gasteiger partial charge in [-0.15, -0.1) is 0 Å². The molecule has 2 rings (SSSR count). The molecule has 0 spiro atoms. The van der Waals surface area contributed by atoms with Gasteiger partial charge in [0.1, 0.15) is 0 Å². The summed E-state index contributed by atoms with van der Waals surface area (Å²) in [6.07, 6.45) is 0. The number of carbonyl (C=O) groups is 2. The number of primary amides is 2. The van der Waals surface area contributed by atoms with E-state index in [-0.39, 0.29) is 0 Å². The van der Waals surface area contributed by atoms with Crippen molar-refractivity contribution in [3.8, 4) is 0 Å². The van der Waals surface area contributed by atoms with Crippen LogP contribution in [0.5, 0.6) is 0 Å². The van der Waals surface area contributed by atoms with Crippen LogP contribution in [0.25, 0.3) is 10.8 Å². The number of hydrogen-bond acceptors (Lipinski definition) is 4. The molecular weight excluding hydrogens is 232 g/mol. The first-order valence-electron chi connectivity index (χ1n) is 5.05. The molecule has 0 atom stereocenters. The summed E-state index contributed by atoms with van der Waals surface area (Å²) in [4.78, 5) is 18.9. The minimum absolute atomic E-state index is 0.647. The van der Waals surface area contributed by atoms with Gasteiger partial charge in [0.05, 0.1) is 11.4 Å². The highest BCUT2D eigenvalue weighted by molar-refractivity contribution is 6.33. The number of nitrogen functional groups attached to an aromatic ring is 2. The molecule has 0 aliphatic heterocycles. The molecule has 0 aromatic heterocycles. The molecule has 0 aliphatic carbocycles. The molecule has 2 amide bonds. The van der Waals surface area contributed by atoms with E-state index >= 15 is 0 Å². The quantitative estimate of drug-likeness (QED) is 0.382. The van der Waals surface area contributed by atoms with Crippen molar-refractivity contribution in [2.24, 2.45) is 11.5 Å². The van der Waals surface area contributed by atoms with E-state index < -0.39 is 11.8 Å². The minimum Gasteiger partial charge on any atom is -0.397 e. The van der Waals surface area contributed by atoms with Gasteiger partial charge in [-0.25, -0.2) is 0 Å². The van der Waals surface area contributed by atoms with Crippen LogP contribution in [0.15, 0.2) is 36.4 Å². The Morgan fingerprint density at radius 3 is 1.94 bits per heavy atom. The Morgan fingerprint density at radius 2 is 1.39 bits per heavy atom. The molecule has 0 unspecified atom stereocenters. The van der Waals surface area contributed by atoms with Crippen molar-refractivity contribution in [1.29, 1.82) is 0 Å². The first-order chi connectivity index (χ1) is 8.43. The van der Waals surface area contributed by atoms with E-state index in [9.17, 15) is 9.59 Å². The van der Waals surface area contributed by atoms with Crippen molar-refractivity contribution in [2.75, 3.05) is 11.5 Å². The zero-order valence-corrected chi connectivity index (χ0v) is 9.59. The predicted octanol–water partition coefficient (Wildman–Crippen LogP) is -0.0388. The lowest BCUT2D eigenvalue weighted by molar-refractivity contribution is -0.135. The molecule has 0 radical (unpaired) electrons. The molecule has 0 aliphatic rings. The second kappa shape index (κ2) is 5.53. The zero-order valence-electron chi connectivity index (χ0n) is 9.59. The fraction of sp³-hybridized carbons (Fsp3) is 0. The van der Waals surface area contributed by atoms with Crippen LogP contribution >= 0.6 is 0 Å². The number of nitrogens with two attached hydrogens (primary N) is 4. The van der Waals surface area contributed by atoms with E-state index in [4.69, 9.17) is 11.5 Å². The van der Waals surface area contributed by atoms with Gasteiger partial charge in [-0.3, -0.25) is 9.59 Å². The topological polar surface area (TPSA) is 138 Å². The zero-order chi connectivity index (χ0) is 13.7. The molecule has 2 aromatic rings. The summed E-state index contributed by atoms with van der Waals surface area (Å²) in [6, 6.07) is 11.7. The van der Waals surface area contributed by atoms with Crippen LogP contribution in [-0.2, 0) is 9.59 Å². The molecule has 94 valence electrons. The molecule has 0 heterocycles. The average Bonchev–Trinajstić information content (AvgIpc) is 2.35. The van der Waals surface area contributed by atoms with Crippen LogP contribution in [0.1, 0.15) is 0 Å². The summed E-state index contributed by atoms with van der Waals surface area (Å²) in [5, 5.41) is 2.15. The third-order valence-corrected chi connectivity index (χ3v) is 2.25. The smallest absolute Gasteiger partial charge is 0.306 e. The van der Waals surface area contributed by atoms with E-state index in [0.29, 0.717) is 11.4 Å². The first-order valence-corrected chi connectivity index (χ1v) is 5.05. The molecule has 2 aromatic carbocycles. The van der Waals surface area contributed by atoms with Gasteiger partial charge in [0.2, 0.25) is 0 Å². The lowest BCUT2D eigenvalue weighted by atomic mass is 10.1. The second-order valence-electron chi connectivity index (χ2n) is 3.52. The highest BCUT2D eigenvalue weighted by Gasteiger charge is 1.99.